The van der Waals surface area contributed by atoms with Gasteiger partial charge in [0.1, 0.15) is 13.2 Å². The first kappa shape index (κ1) is 65.1. The summed E-state index contributed by atoms with van der Waals surface area (Å²) in [6, 6.07) is 0. The lowest BCUT2D eigenvalue weighted by Gasteiger charge is -2.18. The molecule has 0 aromatic heterocycles. The van der Waals surface area contributed by atoms with Crippen molar-refractivity contribution in [2.24, 2.45) is 0 Å². The molecule has 0 aliphatic heterocycles. The molecule has 0 heterocycles. The van der Waals surface area contributed by atoms with Crippen molar-refractivity contribution in [1.82, 2.24) is 0 Å². The second-order valence-corrected chi connectivity index (χ2v) is 18.4. The lowest BCUT2D eigenvalue weighted by Crippen LogP contribution is -2.30. The minimum atomic E-state index is -0.782. The van der Waals surface area contributed by atoms with Gasteiger partial charge in [0.15, 0.2) is 6.10 Å². The summed E-state index contributed by atoms with van der Waals surface area (Å²) in [5, 5.41) is 0. The Balaban J connectivity index is 4.10. The Bertz CT molecular complexity index is 1420. The van der Waals surface area contributed by atoms with Crippen molar-refractivity contribution < 1.29 is 28.6 Å². The molecule has 0 aromatic rings. The fourth-order valence-electron chi connectivity index (χ4n) is 7.58. The quantitative estimate of drug-likeness (QED) is 0.0262. The summed E-state index contributed by atoms with van der Waals surface area (Å²) in [5.41, 5.74) is 0. The van der Waals surface area contributed by atoms with Crippen molar-refractivity contribution in [2.75, 3.05) is 13.2 Å². The van der Waals surface area contributed by atoms with Crippen molar-refractivity contribution in [1.29, 1.82) is 0 Å². The fourth-order valence-corrected chi connectivity index (χ4v) is 7.58. The number of rotatable bonds is 50. The summed E-state index contributed by atoms with van der Waals surface area (Å²) in [7, 11) is 0. The van der Waals surface area contributed by atoms with E-state index in [1.807, 2.05) is 0 Å². The lowest BCUT2D eigenvalue weighted by molar-refractivity contribution is -0.167. The van der Waals surface area contributed by atoms with E-state index in [4.69, 9.17) is 14.2 Å². The van der Waals surface area contributed by atoms with Crippen molar-refractivity contribution in [2.45, 2.75) is 258 Å². The fraction of sp³-hybridized carbons (Fsp3) is 0.667. The van der Waals surface area contributed by atoms with Gasteiger partial charge in [0.05, 0.1) is 0 Å². The molecule has 0 saturated heterocycles. The van der Waals surface area contributed by atoms with E-state index in [9.17, 15) is 14.4 Å². The molecule has 6 heteroatoms. The number of unbranched alkanes of at least 4 members (excludes halogenated alkanes) is 21. The predicted octanol–water partition coefficient (Wildman–Crippen LogP) is 19.1. The van der Waals surface area contributed by atoms with Crippen molar-refractivity contribution in [3.8, 4) is 0 Å². The molecule has 0 aromatic carbocycles. The highest BCUT2D eigenvalue weighted by molar-refractivity contribution is 5.71. The molecule has 0 rings (SSSR count). The molecule has 1 unspecified atom stereocenters. The van der Waals surface area contributed by atoms with Crippen LogP contribution in [0, 0.1) is 0 Å². The van der Waals surface area contributed by atoms with E-state index in [0.29, 0.717) is 19.3 Å². The van der Waals surface area contributed by atoms with Crippen molar-refractivity contribution in [3.63, 3.8) is 0 Å². The van der Waals surface area contributed by atoms with Gasteiger partial charge < -0.3 is 14.2 Å². The van der Waals surface area contributed by atoms with Crippen LogP contribution in [-0.4, -0.2) is 37.2 Å². The zero-order valence-corrected chi connectivity index (χ0v) is 44.8. The first-order valence-corrected chi connectivity index (χ1v) is 28.4. The van der Waals surface area contributed by atoms with E-state index in [1.165, 1.54) is 83.5 Å². The van der Waals surface area contributed by atoms with Gasteiger partial charge in [0.2, 0.25) is 0 Å². The molecule has 0 aliphatic rings. The van der Waals surface area contributed by atoms with Gasteiger partial charge in [-0.2, -0.15) is 0 Å². The molecular weight excluding hydrogens is 853 g/mol. The first-order valence-electron chi connectivity index (χ1n) is 28.4. The van der Waals surface area contributed by atoms with E-state index < -0.39 is 6.10 Å². The molecule has 6 nitrogen and oxygen atoms in total. The zero-order valence-electron chi connectivity index (χ0n) is 44.8. The molecule has 0 bridgehead atoms. The Morgan fingerprint density at radius 3 is 0.884 bits per heavy atom. The highest BCUT2D eigenvalue weighted by atomic mass is 16.6. The minimum Gasteiger partial charge on any atom is -0.462 e. The van der Waals surface area contributed by atoms with Crippen LogP contribution < -0.4 is 0 Å². The van der Waals surface area contributed by atoms with Gasteiger partial charge in [-0.25, -0.2) is 0 Å². The third-order valence-electron chi connectivity index (χ3n) is 11.8. The summed E-state index contributed by atoms with van der Waals surface area (Å²) in [5.74, 6) is -0.914. The standard InChI is InChI=1S/C63H104O6/c1-4-7-10-13-15-17-19-21-23-25-26-27-28-29-30-31-32-33-34-35-36-38-39-41-43-45-47-50-53-56-62(65)68-59-60(58-67-61(64)55-52-49-12-9-6-3)69-63(66)57-54-51-48-46-44-42-40-37-24-22-20-18-16-14-11-8-5-2/h7-8,10-11,15-18,21-24,26-27,29-30,32-33,60H,4-6,9,12-14,19-20,25,28,31,34-59H2,1-3H3/b10-7-,11-8-,17-15-,18-16-,23-21-,24-22-,27-26-,30-29-,33-32-. The second-order valence-electron chi connectivity index (χ2n) is 18.4. The van der Waals surface area contributed by atoms with Gasteiger partial charge >= 0.3 is 17.9 Å². The lowest BCUT2D eigenvalue weighted by atomic mass is 10.1. The average Bonchev–Trinajstić information content (AvgIpc) is 3.35. The van der Waals surface area contributed by atoms with Gasteiger partial charge in [0, 0.05) is 19.3 Å². The number of ether oxygens (including phenoxy) is 3. The topological polar surface area (TPSA) is 78.9 Å². The van der Waals surface area contributed by atoms with Gasteiger partial charge in [-0.05, 0) is 103 Å². The van der Waals surface area contributed by atoms with Gasteiger partial charge in [-0.15, -0.1) is 0 Å². The third-order valence-corrected chi connectivity index (χ3v) is 11.8. The number of hydrogen-bond acceptors (Lipinski definition) is 6. The Labute approximate surface area is 425 Å². The number of hydrogen-bond donors (Lipinski definition) is 0. The molecule has 0 radical (unpaired) electrons. The van der Waals surface area contributed by atoms with Crippen LogP contribution in [-0.2, 0) is 28.6 Å². The highest BCUT2D eigenvalue weighted by Crippen LogP contribution is 2.15. The van der Waals surface area contributed by atoms with Crippen LogP contribution in [0.15, 0.2) is 109 Å². The third kappa shape index (κ3) is 54.9. The highest BCUT2D eigenvalue weighted by Gasteiger charge is 2.19. The predicted molar refractivity (Wildman–Crippen MR) is 297 cm³/mol. The second kappa shape index (κ2) is 56.7. The number of esters is 3. The maximum atomic E-state index is 12.8. The molecule has 0 saturated carbocycles. The molecule has 0 fully saturated rings. The normalized spacial score (nSPS) is 12.9. The molecular formula is C63H104O6. The van der Waals surface area contributed by atoms with Crippen LogP contribution in [0.5, 0.6) is 0 Å². The van der Waals surface area contributed by atoms with E-state index in [1.54, 1.807) is 0 Å². The molecule has 0 aliphatic carbocycles. The summed E-state index contributed by atoms with van der Waals surface area (Å²) < 4.78 is 16.7. The van der Waals surface area contributed by atoms with Crippen LogP contribution in [0.2, 0.25) is 0 Å². The molecule has 0 amide bonds. The SMILES string of the molecule is CC/C=C\C/C=C\C/C=C\C/C=C\C/C=C\C/C=C\CCCCCCCCCCCCC(=O)OCC(COC(=O)CCCCCCC)OC(=O)CCCCCCCCC/C=C\C/C=C\C/C=C\CC. The number of allylic oxidation sites excluding steroid dienone is 18. The molecule has 0 spiro atoms. The smallest absolute Gasteiger partial charge is 0.306 e. The van der Waals surface area contributed by atoms with E-state index in [0.717, 1.165) is 128 Å². The summed E-state index contributed by atoms with van der Waals surface area (Å²) in [6.07, 6.45) is 77.0. The minimum absolute atomic E-state index is 0.0845. The molecule has 69 heavy (non-hydrogen) atoms. The molecule has 1 atom stereocenters. The van der Waals surface area contributed by atoms with Crippen molar-refractivity contribution >= 4 is 17.9 Å². The Hall–Kier alpha value is -3.93. The monoisotopic (exact) mass is 957 g/mol. The Morgan fingerprint density at radius 2 is 0.565 bits per heavy atom. The average molecular weight is 958 g/mol. The first-order chi connectivity index (χ1) is 34.0. The van der Waals surface area contributed by atoms with Crippen LogP contribution in [0.4, 0.5) is 0 Å². The Kier molecular flexibility index (Phi) is 53.4. The van der Waals surface area contributed by atoms with Gasteiger partial charge in [0.25, 0.3) is 0 Å². The van der Waals surface area contributed by atoms with Crippen LogP contribution in [0.25, 0.3) is 0 Å². The van der Waals surface area contributed by atoms with E-state index in [2.05, 4.69) is 130 Å². The van der Waals surface area contributed by atoms with Crippen LogP contribution >= 0.6 is 0 Å². The summed E-state index contributed by atoms with van der Waals surface area (Å²) in [4.78, 5) is 37.8. The van der Waals surface area contributed by atoms with Gasteiger partial charge in [-0.3, -0.25) is 14.4 Å². The number of carbonyl (C=O) groups is 3. The summed E-state index contributed by atoms with van der Waals surface area (Å²) >= 11 is 0. The van der Waals surface area contributed by atoms with E-state index in [-0.39, 0.29) is 31.1 Å². The maximum absolute atomic E-state index is 12.8. The van der Waals surface area contributed by atoms with Gasteiger partial charge in [-0.1, -0.05) is 239 Å². The van der Waals surface area contributed by atoms with Crippen LogP contribution in [0.1, 0.15) is 252 Å². The number of carbonyl (C=O) groups excluding carboxylic acids is 3. The molecule has 392 valence electrons. The maximum Gasteiger partial charge on any atom is 0.306 e. The van der Waals surface area contributed by atoms with E-state index >= 15 is 0 Å². The molecule has 0 N–H and O–H groups in total. The largest absolute Gasteiger partial charge is 0.462 e. The Morgan fingerprint density at radius 1 is 0.304 bits per heavy atom. The summed E-state index contributed by atoms with van der Waals surface area (Å²) in [6.45, 7) is 6.32. The zero-order chi connectivity index (χ0) is 50.0. The van der Waals surface area contributed by atoms with Crippen LogP contribution in [0.3, 0.4) is 0 Å². The van der Waals surface area contributed by atoms with Crippen molar-refractivity contribution in [3.05, 3.63) is 109 Å².